The Morgan fingerprint density at radius 2 is 1.84 bits per heavy atom. The normalized spacial score (nSPS) is 9.95. The Morgan fingerprint density at radius 3 is 2.42 bits per heavy atom. The van der Waals surface area contributed by atoms with E-state index in [0.717, 1.165) is 0 Å². The summed E-state index contributed by atoms with van der Waals surface area (Å²) in [5.41, 5.74) is 1.26. The van der Waals surface area contributed by atoms with E-state index in [4.69, 9.17) is 0 Å². The zero-order valence-corrected chi connectivity index (χ0v) is 10.3. The van der Waals surface area contributed by atoms with Crippen molar-refractivity contribution < 1.29 is 9.72 Å². The number of nitrogens with zero attached hydrogens (tertiary/aromatic N) is 1. The molecular weight excluding hydrogens is 244 g/mol. The maximum atomic E-state index is 12.3. The van der Waals surface area contributed by atoms with Gasteiger partial charge in [0.2, 0.25) is 0 Å². The Labute approximate surface area is 110 Å². The van der Waals surface area contributed by atoms with Gasteiger partial charge in [-0.15, -0.1) is 0 Å². The third-order valence-electron chi connectivity index (χ3n) is 2.76. The maximum absolute atomic E-state index is 12.3. The van der Waals surface area contributed by atoms with Gasteiger partial charge in [0.15, 0.2) is 5.78 Å². The molecule has 0 saturated heterocycles. The van der Waals surface area contributed by atoms with Gasteiger partial charge in [0.05, 0.1) is 10.5 Å². The summed E-state index contributed by atoms with van der Waals surface area (Å²) < 4.78 is 0. The SMILES string of the molecule is CNc1ccc([N+](=O)[O-])cc1C(=O)c1ccccc1. The molecule has 0 heterocycles. The van der Waals surface area contributed by atoms with Gasteiger partial charge in [-0.3, -0.25) is 14.9 Å². The molecule has 0 amide bonds. The van der Waals surface area contributed by atoms with Crippen molar-refractivity contribution in [2.45, 2.75) is 0 Å². The number of benzene rings is 2. The first-order valence-electron chi connectivity index (χ1n) is 5.69. The van der Waals surface area contributed by atoms with Crippen molar-refractivity contribution in [1.29, 1.82) is 0 Å². The minimum atomic E-state index is -0.513. The van der Waals surface area contributed by atoms with Crippen LogP contribution in [0.3, 0.4) is 0 Å². The minimum absolute atomic E-state index is 0.0988. The van der Waals surface area contributed by atoms with Crippen LogP contribution in [0.4, 0.5) is 11.4 Å². The lowest BCUT2D eigenvalue weighted by molar-refractivity contribution is -0.384. The molecule has 0 aliphatic rings. The second kappa shape index (κ2) is 5.30. The summed E-state index contributed by atoms with van der Waals surface area (Å²) in [5.74, 6) is -0.242. The fraction of sp³-hybridized carbons (Fsp3) is 0.0714. The molecule has 5 heteroatoms. The Kier molecular flexibility index (Phi) is 3.56. The van der Waals surface area contributed by atoms with Gasteiger partial charge in [-0.25, -0.2) is 0 Å². The highest BCUT2D eigenvalue weighted by atomic mass is 16.6. The molecule has 0 atom stereocenters. The lowest BCUT2D eigenvalue weighted by Crippen LogP contribution is -2.06. The molecule has 0 bridgehead atoms. The number of ketones is 1. The first kappa shape index (κ1) is 12.8. The van der Waals surface area contributed by atoms with Crippen molar-refractivity contribution >= 4 is 17.2 Å². The number of nitro groups is 1. The van der Waals surface area contributed by atoms with E-state index in [1.165, 1.54) is 18.2 Å². The number of rotatable bonds is 4. The van der Waals surface area contributed by atoms with Crippen LogP contribution in [0.5, 0.6) is 0 Å². The van der Waals surface area contributed by atoms with E-state index in [9.17, 15) is 14.9 Å². The van der Waals surface area contributed by atoms with Gasteiger partial charge >= 0.3 is 0 Å². The van der Waals surface area contributed by atoms with Gasteiger partial charge in [0.25, 0.3) is 5.69 Å². The van der Waals surface area contributed by atoms with E-state index in [-0.39, 0.29) is 11.5 Å². The summed E-state index contributed by atoms with van der Waals surface area (Å²) in [6.45, 7) is 0. The molecule has 0 aliphatic heterocycles. The predicted molar refractivity (Wildman–Crippen MR) is 72.5 cm³/mol. The zero-order chi connectivity index (χ0) is 13.8. The van der Waals surface area contributed by atoms with Gasteiger partial charge in [0.1, 0.15) is 0 Å². The van der Waals surface area contributed by atoms with Crippen LogP contribution in [0.15, 0.2) is 48.5 Å². The molecule has 2 rings (SSSR count). The quantitative estimate of drug-likeness (QED) is 0.518. The van der Waals surface area contributed by atoms with Crippen molar-refractivity contribution in [1.82, 2.24) is 0 Å². The molecule has 0 spiro atoms. The standard InChI is InChI=1S/C14H12N2O3/c1-15-13-8-7-11(16(18)19)9-12(13)14(17)10-5-3-2-4-6-10/h2-9,15H,1H3. The van der Waals surface area contributed by atoms with Crippen LogP contribution >= 0.6 is 0 Å². The van der Waals surface area contributed by atoms with E-state index in [2.05, 4.69) is 5.32 Å². The fourth-order valence-electron chi connectivity index (χ4n) is 1.80. The van der Waals surface area contributed by atoms with Crippen molar-refractivity contribution in [3.05, 3.63) is 69.8 Å². The summed E-state index contributed by atoms with van der Waals surface area (Å²) in [6, 6.07) is 12.9. The number of non-ortho nitro benzene ring substituents is 1. The van der Waals surface area contributed by atoms with Crippen LogP contribution in [-0.4, -0.2) is 17.8 Å². The number of carbonyl (C=O) groups excluding carboxylic acids is 1. The van der Waals surface area contributed by atoms with Crippen LogP contribution in [0, 0.1) is 10.1 Å². The van der Waals surface area contributed by atoms with Crippen LogP contribution < -0.4 is 5.32 Å². The molecule has 0 aromatic heterocycles. The summed E-state index contributed by atoms with van der Waals surface area (Å²) in [4.78, 5) is 22.6. The minimum Gasteiger partial charge on any atom is -0.388 e. The number of hydrogen-bond donors (Lipinski definition) is 1. The van der Waals surface area contributed by atoms with Gasteiger partial charge in [-0.1, -0.05) is 30.3 Å². The molecule has 5 nitrogen and oxygen atoms in total. The molecular formula is C14H12N2O3. The van der Waals surface area contributed by atoms with Crippen LogP contribution in [0.2, 0.25) is 0 Å². The molecule has 0 unspecified atom stereocenters. The number of nitrogens with one attached hydrogen (secondary N) is 1. The Morgan fingerprint density at radius 1 is 1.16 bits per heavy atom. The van der Waals surface area contributed by atoms with E-state index in [0.29, 0.717) is 16.8 Å². The van der Waals surface area contributed by atoms with Crippen molar-refractivity contribution in [2.75, 3.05) is 12.4 Å². The number of hydrogen-bond acceptors (Lipinski definition) is 4. The first-order chi connectivity index (χ1) is 9.13. The number of nitro benzene ring substituents is 1. The maximum Gasteiger partial charge on any atom is 0.270 e. The van der Waals surface area contributed by atoms with Crippen LogP contribution in [-0.2, 0) is 0 Å². The van der Waals surface area contributed by atoms with Crippen molar-refractivity contribution in [3.8, 4) is 0 Å². The van der Waals surface area contributed by atoms with E-state index in [1.807, 2.05) is 6.07 Å². The van der Waals surface area contributed by atoms with E-state index in [1.54, 1.807) is 31.3 Å². The average molecular weight is 256 g/mol. The average Bonchev–Trinajstić information content (AvgIpc) is 2.46. The Bertz CT molecular complexity index is 624. The van der Waals surface area contributed by atoms with E-state index < -0.39 is 4.92 Å². The third kappa shape index (κ3) is 2.60. The lowest BCUT2D eigenvalue weighted by atomic mass is 10.0. The van der Waals surface area contributed by atoms with Gasteiger partial charge in [0, 0.05) is 30.4 Å². The van der Waals surface area contributed by atoms with Crippen LogP contribution in [0.25, 0.3) is 0 Å². The van der Waals surface area contributed by atoms with E-state index >= 15 is 0 Å². The molecule has 0 saturated carbocycles. The molecule has 2 aromatic carbocycles. The second-order valence-corrected chi connectivity index (χ2v) is 3.93. The highest BCUT2D eigenvalue weighted by molar-refractivity contribution is 6.12. The van der Waals surface area contributed by atoms with Gasteiger partial charge < -0.3 is 5.32 Å². The number of anilines is 1. The van der Waals surface area contributed by atoms with Gasteiger partial charge in [-0.05, 0) is 6.07 Å². The third-order valence-corrected chi connectivity index (χ3v) is 2.76. The molecule has 2 aromatic rings. The molecule has 0 fully saturated rings. The first-order valence-corrected chi connectivity index (χ1v) is 5.69. The smallest absolute Gasteiger partial charge is 0.270 e. The molecule has 19 heavy (non-hydrogen) atoms. The summed E-state index contributed by atoms with van der Waals surface area (Å²) >= 11 is 0. The van der Waals surface area contributed by atoms with Crippen molar-refractivity contribution in [2.24, 2.45) is 0 Å². The lowest BCUT2D eigenvalue weighted by Gasteiger charge is -2.08. The zero-order valence-electron chi connectivity index (χ0n) is 10.3. The summed E-state index contributed by atoms with van der Waals surface area (Å²) in [5, 5.41) is 13.7. The van der Waals surface area contributed by atoms with Crippen LogP contribution in [0.1, 0.15) is 15.9 Å². The monoisotopic (exact) mass is 256 g/mol. The summed E-state index contributed by atoms with van der Waals surface area (Å²) in [6.07, 6.45) is 0. The second-order valence-electron chi connectivity index (χ2n) is 3.93. The Balaban J connectivity index is 2.51. The highest BCUT2D eigenvalue weighted by Gasteiger charge is 2.17. The van der Waals surface area contributed by atoms with Gasteiger partial charge in [-0.2, -0.15) is 0 Å². The highest BCUT2D eigenvalue weighted by Crippen LogP contribution is 2.24. The molecule has 0 radical (unpaired) electrons. The fourth-order valence-corrected chi connectivity index (χ4v) is 1.80. The van der Waals surface area contributed by atoms with Crippen molar-refractivity contribution in [3.63, 3.8) is 0 Å². The summed E-state index contributed by atoms with van der Waals surface area (Å²) in [7, 11) is 1.67. The molecule has 1 N–H and O–H groups in total. The molecule has 0 aliphatic carbocycles. The predicted octanol–water partition coefficient (Wildman–Crippen LogP) is 2.87. The largest absolute Gasteiger partial charge is 0.388 e. The number of carbonyl (C=O) groups is 1. The Hall–Kier alpha value is -2.69. The molecule has 96 valence electrons. The topological polar surface area (TPSA) is 72.2 Å².